The third kappa shape index (κ3) is 3.07. The number of rotatable bonds is 4. The van der Waals surface area contributed by atoms with Gasteiger partial charge in [-0.1, -0.05) is 15.9 Å². The molecule has 0 aliphatic carbocycles. The molecular weight excluding hydrogens is 376 g/mol. The lowest BCUT2D eigenvalue weighted by atomic mass is 9.84. The topological polar surface area (TPSA) is 87.5 Å². The Hall–Kier alpha value is -2.19. The lowest BCUT2D eigenvalue weighted by molar-refractivity contribution is -0.155. The van der Waals surface area contributed by atoms with Gasteiger partial charge in [-0.15, -0.1) is 0 Å². The Morgan fingerprint density at radius 3 is 3.04 bits per heavy atom. The molecule has 7 nitrogen and oxygen atoms in total. The summed E-state index contributed by atoms with van der Waals surface area (Å²) >= 11 is 3.34. The lowest BCUT2D eigenvalue weighted by Gasteiger charge is -2.35. The third-order valence-corrected chi connectivity index (χ3v) is 4.54. The Labute approximate surface area is 147 Å². The second-order valence-corrected chi connectivity index (χ2v) is 6.69. The van der Waals surface area contributed by atoms with Crippen molar-refractivity contribution in [3.05, 3.63) is 46.7 Å². The molecule has 0 fully saturated rings. The molecule has 1 unspecified atom stereocenters. The summed E-state index contributed by atoms with van der Waals surface area (Å²) in [6, 6.07) is 6.87. The largest absolute Gasteiger partial charge is 0.375 e. The van der Waals surface area contributed by atoms with Crippen molar-refractivity contribution in [3.8, 4) is 0 Å². The fraction of sp³-hybridized carbons (Fsp3) is 0.312. The fourth-order valence-electron chi connectivity index (χ4n) is 2.78. The zero-order chi connectivity index (χ0) is 17.3. The van der Waals surface area contributed by atoms with Crippen LogP contribution < -0.4 is 5.32 Å². The van der Waals surface area contributed by atoms with Crippen molar-refractivity contribution in [2.24, 2.45) is 0 Å². The van der Waals surface area contributed by atoms with Gasteiger partial charge in [-0.2, -0.15) is 5.10 Å². The van der Waals surface area contributed by atoms with Gasteiger partial charge in [-0.3, -0.25) is 14.3 Å². The molecule has 2 amide bonds. The molecule has 2 heterocycles. The summed E-state index contributed by atoms with van der Waals surface area (Å²) in [6.45, 7) is 0.872. The molecule has 2 N–H and O–H groups in total. The molecule has 1 atom stereocenters. The minimum Gasteiger partial charge on any atom is -0.375 e. The number of anilines is 1. The molecule has 1 aliphatic heterocycles. The van der Waals surface area contributed by atoms with E-state index in [-0.39, 0.29) is 12.3 Å². The number of aliphatic hydroxyl groups is 1. The number of nitrogens with one attached hydrogen (secondary N) is 1. The van der Waals surface area contributed by atoms with Crippen LogP contribution in [-0.2, 0) is 21.7 Å². The van der Waals surface area contributed by atoms with Crippen LogP contribution in [0.5, 0.6) is 0 Å². The Morgan fingerprint density at radius 1 is 1.54 bits per heavy atom. The third-order valence-electron chi connectivity index (χ3n) is 4.04. The molecule has 0 radical (unpaired) electrons. The van der Waals surface area contributed by atoms with Gasteiger partial charge < -0.3 is 15.3 Å². The van der Waals surface area contributed by atoms with E-state index in [0.717, 1.165) is 4.47 Å². The van der Waals surface area contributed by atoms with Crippen molar-refractivity contribution in [2.45, 2.75) is 18.6 Å². The van der Waals surface area contributed by atoms with E-state index in [1.807, 2.05) is 0 Å². The quantitative estimate of drug-likeness (QED) is 0.821. The predicted octanol–water partition coefficient (Wildman–Crippen LogP) is 1.33. The highest BCUT2D eigenvalue weighted by Crippen LogP contribution is 2.38. The molecule has 1 aromatic carbocycles. The fourth-order valence-corrected chi connectivity index (χ4v) is 3.14. The highest BCUT2D eigenvalue weighted by atomic mass is 79.9. The highest BCUT2D eigenvalue weighted by molar-refractivity contribution is 9.10. The van der Waals surface area contributed by atoms with E-state index < -0.39 is 11.5 Å². The summed E-state index contributed by atoms with van der Waals surface area (Å²) in [4.78, 5) is 26.2. The molecule has 0 saturated carbocycles. The monoisotopic (exact) mass is 392 g/mol. The molecule has 1 aromatic heterocycles. The molecule has 3 rings (SSSR count). The van der Waals surface area contributed by atoms with Crippen LogP contribution in [0.25, 0.3) is 0 Å². The summed E-state index contributed by atoms with van der Waals surface area (Å²) in [5.74, 6) is -0.898. The first-order chi connectivity index (χ1) is 11.4. The number of carbonyl (C=O) groups excluding carboxylic acids is 2. The van der Waals surface area contributed by atoms with Crippen LogP contribution in [0.15, 0.2) is 41.1 Å². The zero-order valence-corrected chi connectivity index (χ0v) is 14.7. The standard InChI is InChI=1S/C16H17BrN4O3/c1-20(7-8-21-6-2-5-18-21)15(23)16(24)10-14(22)19-13-4-3-11(17)9-12(13)16/h2-6,9,24H,7-8,10H2,1H3,(H,19,22). The molecule has 0 saturated heterocycles. The molecule has 0 spiro atoms. The van der Waals surface area contributed by atoms with E-state index in [2.05, 4.69) is 26.3 Å². The first-order valence-electron chi connectivity index (χ1n) is 7.45. The smallest absolute Gasteiger partial charge is 0.259 e. The summed E-state index contributed by atoms with van der Waals surface area (Å²) in [6.07, 6.45) is 3.16. The molecule has 0 bridgehead atoms. The van der Waals surface area contributed by atoms with Gasteiger partial charge >= 0.3 is 0 Å². The summed E-state index contributed by atoms with van der Waals surface area (Å²) in [5.41, 5.74) is -1.03. The Kier molecular flexibility index (Phi) is 4.42. The van der Waals surface area contributed by atoms with E-state index in [9.17, 15) is 14.7 Å². The lowest BCUT2D eigenvalue weighted by Crippen LogP contribution is -2.50. The van der Waals surface area contributed by atoms with Crippen LogP contribution in [0, 0.1) is 0 Å². The minimum absolute atomic E-state index is 0.304. The Balaban J connectivity index is 1.85. The van der Waals surface area contributed by atoms with Crippen molar-refractivity contribution in [3.63, 3.8) is 0 Å². The second-order valence-electron chi connectivity index (χ2n) is 5.77. The van der Waals surface area contributed by atoms with Crippen molar-refractivity contribution in [2.75, 3.05) is 18.9 Å². The number of carbonyl (C=O) groups is 2. The van der Waals surface area contributed by atoms with Gasteiger partial charge in [0.05, 0.1) is 13.0 Å². The molecular formula is C16H17BrN4O3. The van der Waals surface area contributed by atoms with Gasteiger partial charge in [0.1, 0.15) is 0 Å². The SMILES string of the molecule is CN(CCn1cccn1)C(=O)C1(O)CC(=O)Nc2ccc(Br)cc21. The number of nitrogens with zero attached hydrogens (tertiary/aromatic N) is 3. The maximum absolute atomic E-state index is 12.8. The number of halogens is 1. The number of benzene rings is 1. The van der Waals surface area contributed by atoms with Crippen LogP contribution >= 0.6 is 15.9 Å². The molecule has 8 heteroatoms. The summed E-state index contributed by atoms with van der Waals surface area (Å²) in [5, 5.41) is 17.8. The average Bonchev–Trinajstić information content (AvgIpc) is 3.06. The molecule has 24 heavy (non-hydrogen) atoms. The predicted molar refractivity (Wildman–Crippen MR) is 91.1 cm³/mol. The molecule has 2 aromatic rings. The van der Waals surface area contributed by atoms with E-state index in [1.54, 1.807) is 48.4 Å². The van der Waals surface area contributed by atoms with E-state index in [1.165, 1.54) is 4.90 Å². The van der Waals surface area contributed by atoms with Gasteiger partial charge in [0.2, 0.25) is 5.91 Å². The Morgan fingerprint density at radius 2 is 2.33 bits per heavy atom. The Bertz CT molecular complexity index is 778. The van der Waals surface area contributed by atoms with E-state index in [0.29, 0.717) is 24.3 Å². The number of aromatic nitrogens is 2. The highest BCUT2D eigenvalue weighted by Gasteiger charge is 2.46. The van der Waals surface area contributed by atoms with Crippen LogP contribution in [0.3, 0.4) is 0 Å². The number of hydrogen-bond donors (Lipinski definition) is 2. The van der Waals surface area contributed by atoms with Gasteiger partial charge in [0.25, 0.3) is 5.91 Å². The van der Waals surface area contributed by atoms with Crippen LogP contribution in [0.1, 0.15) is 12.0 Å². The minimum atomic E-state index is -1.87. The van der Waals surface area contributed by atoms with Crippen molar-refractivity contribution in [1.29, 1.82) is 0 Å². The molecule has 1 aliphatic rings. The first kappa shape index (κ1) is 16.7. The summed E-state index contributed by atoms with van der Waals surface area (Å²) < 4.78 is 2.43. The number of likely N-dealkylation sites (N-methyl/N-ethyl adjacent to an activating group) is 1. The van der Waals surface area contributed by atoms with Gasteiger partial charge in [0.15, 0.2) is 5.60 Å². The van der Waals surface area contributed by atoms with E-state index >= 15 is 0 Å². The number of amides is 2. The van der Waals surface area contributed by atoms with Crippen LogP contribution in [-0.4, -0.2) is 45.2 Å². The first-order valence-corrected chi connectivity index (χ1v) is 8.25. The number of hydrogen-bond acceptors (Lipinski definition) is 4. The van der Waals surface area contributed by atoms with Crippen molar-refractivity contribution < 1.29 is 14.7 Å². The van der Waals surface area contributed by atoms with Crippen LogP contribution in [0.4, 0.5) is 5.69 Å². The van der Waals surface area contributed by atoms with Gasteiger partial charge in [-0.25, -0.2) is 0 Å². The van der Waals surface area contributed by atoms with E-state index in [4.69, 9.17) is 0 Å². The van der Waals surface area contributed by atoms with Crippen molar-refractivity contribution in [1.82, 2.24) is 14.7 Å². The van der Waals surface area contributed by atoms with Crippen LogP contribution in [0.2, 0.25) is 0 Å². The average molecular weight is 393 g/mol. The van der Waals surface area contributed by atoms with Crippen molar-refractivity contribution >= 4 is 33.4 Å². The van der Waals surface area contributed by atoms with Gasteiger partial charge in [0, 0.05) is 41.7 Å². The second kappa shape index (κ2) is 6.37. The van der Waals surface area contributed by atoms with Gasteiger partial charge in [-0.05, 0) is 24.3 Å². The normalized spacial score (nSPS) is 19.5. The maximum atomic E-state index is 12.8. The maximum Gasteiger partial charge on any atom is 0.259 e. The summed E-state index contributed by atoms with van der Waals surface area (Å²) in [7, 11) is 1.61. The zero-order valence-electron chi connectivity index (χ0n) is 13.1. The number of fused-ring (bicyclic) bond motifs is 1. The molecule has 126 valence electrons.